The zero-order valence-corrected chi connectivity index (χ0v) is 10.3. The highest BCUT2D eigenvalue weighted by atomic mass is 35.5. The fraction of sp³-hybridized carbons (Fsp3) is 0.455. The first kappa shape index (κ1) is 12.6. The number of hydrogen-bond donors (Lipinski definition) is 2. The van der Waals surface area contributed by atoms with Crippen LogP contribution in [0.15, 0.2) is 12.1 Å². The van der Waals surface area contributed by atoms with Crippen molar-refractivity contribution in [2.24, 2.45) is 11.7 Å². The number of nitrogens with two attached hydrogens (primary N) is 1. The Morgan fingerprint density at radius 3 is 2.47 bits per heavy atom. The van der Waals surface area contributed by atoms with Crippen LogP contribution in [0.5, 0.6) is 5.75 Å². The van der Waals surface area contributed by atoms with E-state index in [1.54, 1.807) is 6.07 Å². The second-order valence-corrected chi connectivity index (χ2v) is 4.85. The lowest BCUT2D eigenvalue weighted by Gasteiger charge is -2.16. The number of rotatable bonds is 3. The summed E-state index contributed by atoms with van der Waals surface area (Å²) in [4.78, 5) is 0. The van der Waals surface area contributed by atoms with Gasteiger partial charge < -0.3 is 10.8 Å². The van der Waals surface area contributed by atoms with E-state index >= 15 is 0 Å². The Bertz CT molecular complexity index is 353. The molecule has 4 heteroatoms. The van der Waals surface area contributed by atoms with Crippen LogP contribution in [-0.4, -0.2) is 11.1 Å². The van der Waals surface area contributed by atoms with Gasteiger partial charge in [0.25, 0.3) is 0 Å². The highest BCUT2D eigenvalue weighted by Crippen LogP contribution is 2.32. The summed E-state index contributed by atoms with van der Waals surface area (Å²) in [6, 6.07) is 3.21. The molecule has 1 rings (SSSR count). The summed E-state index contributed by atoms with van der Waals surface area (Å²) in [6.07, 6.45) is 0.573. The molecule has 0 saturated carbocycles. The number of aromatic hydroxyl groups is 1. The highest BCUT2D eigenvalue weighted by Gasteiger charge is 2.14. The van der Waals surface area contributed by atoms with Gasteiger partial charge in [-0.1, -0.05) is 37.0 Å². The predicted octanol–water partition coefficient (Wildman–Crippen LogP) is 3.22. The Labute approximate surface area is 100.0 Å². The Kier molecular flexibility index (Phi) is 4.26. The van der Waals surface area contributed by atoms with Gasteiger partial charge in [0, 0.05) is 11.1 Å². The van der Waals surface area contributed by atoms with E-state index < -0.39 is 0 Å². The third kappa shape index (κ3) is 3.26. The molecular formula is C11H15Cl2NO. The lowest BCUT2D eigenvalue weighted by atomic mass is 9.97. The van der Waals surface area contributed by atoms with E-state index in [1.807, 2.05) is 13.8 Å². The fourth-order valence-corrected chi connectivity index (χ4v) is 1.80. The molecule has 1 aromatic carbocycles. The van der Waals surface area contributed by atoms with Gasteiger partial charge in [0.1, 0.15) is 5.75 Å². The van der Waals surface area contributed by atoms with E-state index in [0.29, 0.717) is 22.9 Å². The zero-order chi connectivity index (χ0) is 11.6. The molecule has 0 aliphatic heterocycles. The lowest BCUT2D eigenvalue weighted by Crippen LogP contribution is -2.28. The van der Waals surface area contributed by atoms with Crippen LogP contribution >= 0.6 is 23.2 Å². The zero-order valence-electron chi connectivity index (χ0n) is 8.80. The smallest absolute Gasteiger partial charge is 0.137 e. The summed E-state index contributed by atoms with van der Waals surface area (Å²) in [5, 5.41) is 10.5. The van der Waals surface area contributed by atoms with Gasteiger partial charge in [0.15, 0.2) is 0 Å². The lowest BCUT2D eigenvalue weighted by molar-refractivity contribution is 0.449. The molecule has 0 aliphatic carbocycles. The van der Waals surface area contributed by atoms with Crippen molar-refractivity contribution in [3.63, 3.8) is 0 Å². The standard InChI is InChI=1S/C11H15Cl2NO/c1-6(2)10(14)4-7-3-8(12)5-9(13)11(7)15/h3,5-6,10,15H,4,14H2,1-2H3. The summed E-state index contributed by atoms with van der Waals surface area (Å²) in [5.41, 5.74) is 6.62. The molecule has 3 N–H and O–H groups in total. The molecule has 0 fully saturated rings. The average molecular weight is 248 g/mol. The maximum absolute atomic E-state index is 9.71. The number of hydrogen-bond acceptors (Lipinski definition) is 2. The minimum absolute atomic E-state index is 0.00886. The summed E-state index contributed by atoms with van der Waals surface area (Å²) in [6.45, 7) is 4.07. The van der Waals surface area contributed by atoms with Crippen molar-refractivity contribution in [3.05, 3.63) is 27.7 Å². The monoisotopic (exact) mass is 247 g/mol. The number of phenolic OH excluding ortho intramolecular Hbond substituents is 1. The molecule has 15 heavy (non-hydrogen) atoms. The molecule has 0 bridgehead atoms. The molecule has 0 aliphatic rings. The Morgan fingerprint density at radius 2 is 1.93 bits per heavy atom. The van der Waals surface area contributed by atoms with Crippen LogP contribution in [0.3, 0.4) is 0 Å². The maximum Gasteiger partial charge on any atom is 0.137 e. The molecule has 0 aromatic heterocycles. The summed E-state index contributed by atoms with van der Waals surface area (Å²) in [5.74, 6) is 0.430. The Morgan fingerprint density at radius 1 is 1.33 bits per heavy atom. The first-order valence-electron chi connectivity index (χ1n) is 4.84. The van der Waals surface area contributed by atoms with Gasteiger partial charge in [-0.15, -0.1) is 0 Å². The van der Waals surface area contributed by atoms with Gasteiger partial charge in [0.2, 0.25) is 0 Å². The molecule has 84 valence electrons. The Hall–Kier alpha value is -0.440. The molecule has 0 amide bonds. The minimum atomic E-state index is -0.00886. The van der Waals surface area contributed by atoms with Crippen LogP contribution in [0, 0.1) is 5.92 Å². The van der Waals surface area contributed by atoms with Crippen LogP contribution in [0.4, 0.5) is 0 Å². The predicted molar refractivity (Wildman–Crippen MR) is 64.6 cm³/mol. The number of benzene rings is 1. The van der Waals surface area contributed by atoms with Crippen LogP contribution in [0.25, 0.3) is 0 Å². The van der Waals surface area contributed by atoms with Gasteiger partial charge in [0.05, 0.1) is 5.02 Å². The van der Waals surface area contributed by atoms with E-state index in [1.165, 1.54) is 6.07 Å². The largest absolute Gasteiger partial charge is 0.506 e. The second kappa shape index (κ2) is 5.06. The second-order valence-electron chi connectivity index (χ2n) is 4.01. The average Bonchev–Trinajstić information content (AvgIpc) is 2.13. The maximum atomic E-state index is 9.71. The molecule has 0 spiro atoms. The quantitative estimate of drug-likeness (QED) is 0.862. The molecule has 1 atom stereocenters. The molecule has 1 aromatic rings. The summed E-state index contributed by atoms with van der Waals surface area (Å²) >= 11 is 11.7. The molecule has 0 saturated heterocycles. The van der Waals surface area contributed by atoms with Gasteiger partial charge in [-0.2, -0.15) is 0 Å². The molecule has 2 nitrogen and oxygen atoms in total. The minimum Gasteiger partial charge on any atom is -0.506 e. The van der Waals surface area contributed by atoms with E-state index in [2.05, 4.69) is 0 Å². The summed E-state index contributed by atoms with van der Waals surface area (Å²) in [7, 11) is 0. The van der Waals surface area contributed by atoms with Crippen molar-refractivity contribution in [2.45, 2.75) is 26.3 Å². The van der Waals surface area contributed by atoms with Crippen molar-refractivity contribution in [1.82, 2.24) is 0 Å². The molecule has 1 unspecified atom stereocenters. The third-order valence-electron chi connectivity index (χ3n) is 2.42. The first-order chi connectivity index (χ1) is 6.91. The van der Waals surface area contributed by atoms with Gasteiger partial charge in [-0.05, 0) is 30.0 Å². The van der Waals surface area contributed by atoms with Crippen LogP contribution in [0.2, 0.25) is 10.0 Å². The fourth-order valence-electron chi connectivity index (χ4n) is 1.26. The SMILES string of the molecule is CC(C)C(N)Cc1cc(Cl)cc(Cl)c1O. The highest BCUT2D eigenvalue weighted by molar-refractivity contribution is 6.35. The van der Waals surface area contributed by atoms with Crippen molar-refractivity contribution in [2.75, 3.05) is 0 Å². The van der Waals surface area contributed by atoms with Gasteiger partial charge in [-0.25, -0.2) is 0 Å². The van der Waals surface area contributed by atoms with E-state index in [0.717, 1.165) is 0 Å². The molecule has 0 radical (unpaired) electrons. The van der Waals surface area contributed by atoms with Gasteiger partial charge >= 0.3 is 0 Å². The molecular weight excluding hydrogens is 233 g/mol. The topological polar surface area (TPSA) is 46.2 Å². The van der Waals surface area contributed by atoms with E-state index in [-0.39, 0.29) is 16.8 Å². The van der Waals surface area contributed by atoms with Crippen molar-refractivity contribution in [3.8, 4) is 5.75 Å². The van der Waals surface area contributed by atoms with E-state index in [4.69, 9.17) is 28.9 Å². The number of phenols is 1. The molecule has 0 heterocycles. The van der Waals surface area contributed by atoms with Gasteiger partial charge in [-0.3, -0.25) is 0 Å². The van der Waals surface area contributed by atoms with Crippen molar-refractivity contribution < 1.29 is 5.11 Å². The third-order valence-corrected chi connectivity index (χ3v) is 2.93. The van der Waals surface area contributed by atoms with Crippen molar-refractivity contribution >= 4 is 23.2 Å². The van der Waals surface area contributed by atoms with Crippen LogP contribution < -0.4 is 5.73 Å². The van der Waals surface area contributed by atoms with E-state index in [9.17, 15) is 5.11 Å². The van der Waals surface area contributed by atoms with Crippen LogP contribution in [-0.2, 0) is 6.42 Å². The van der Waals surface area contributed by atoms with Crippen molar-refractivity contribution in [1.29, 1.82) is 0 Å². The normalized spacial score (nSPS) is 13.2. The Balaban J connectivity index is 2.94. The number of halogens is 2. The first-order valence-corrected chi connectivity index (χ1v) is 5.60. The summed E-state index contributed by atoms with van der Waals surface area (Å²) < 4.78 is 0. The van der Waals surface area contributed by atoms with Crippen LogP contribution in [0.1, 0.15) is 19.4 Å².